The fourth-order valence-corrected chi connectivity index (χ4v) is 5.87. The molecule has 150 valence electrons. The van der Waals surface area contributed by atoms with E-state index in [1.54, 1.807) is 36.4 Å². The van der Waals surface area contributed by atoms with Gasteiger partial charge >= 0.3 is 0 Å². The van der Waals surface area contributed by atoms with Gasteiger partial charge in [-0.05, 0) is 80.0 Å². The van der Waals surface area contributed by atoms with Gasteiger partial charge in [0.2, 0.25) is 5.91 Å². The molecule has 2 aromatic rings. The summed E-state index contributed by atoms with van der Waals surface area (Å²) in [5, 5.41) is 6.70. The van der Waals surface area contributed by atoms with Crippen molar-refractivity contribution in [3.8, 4) is 0 Å². The Bertz CT molecular complexity index is 980. The number of carbonyl (C=O) groups excluding carboxylic acids is 2. The first-order chi connectivity index (χ1) is 13.9. The molecule has 0 unspecified atom stereocenters. The predicted molar refractivity (Wildman–Crippen MR) is 109 cm³/mol. The summed E-state index contributed by atoms with van der Waals surface area (Å²) in [7, 11) is 0. The number of halogens is 2. The monoisotopic (exact) mass is 412 g/mol. The first-order valence-electron chi connectivity index (χ1n) is 10.0. The highest BCUT2D eigenvalue weighted by Crippen LogP contribution is 2.78. The summed E-state index contributed by atoms with van der Waals surface area (Å²) in [4.78, 5) is 25.7. The zero-order chi connectivity index (χ0) is 20.3. The third kappa shape index (κ3) is 2.78. The van der Waals surface area contributed by atoms with Crippen LogP contribution in [-0.2, 0) is 4.79 Å². The third-order valence-electron chi connectivity index (χ3n) is 7.25. The van der Waals surface area contributed by atoms with Gasteiger partial charge in [-0.2, -0.15) is 0 Å². The van der Waals surface area contributed by atoms with Crippen LogP contribution in [0.25, 0.3) is 0 Å². The Labute approximate surface area is 173 Å². The van der Waals surface area contributed by atoms with Gasteiger partial charge in [0.15, 0.2) is 0 Å². The van der Waals surface area contributed by atoms with E-state index in [1.165, 1.54) is 12.1 Å². The number of hydrogen-bond donors (Lipinski definition) is 2. The van der Waals surface area contributed by atoms with Crippen molar-refractivity contribution < 1.29 is 14.0 Å². The molecule has 4 aliphatic rings. The summed E-state index contributed by atoms with van der Waals surface area (Å²) in [6, 6.07) is 12.8. The van der Waals surface area contributed by atoms with Crippen LogP contribution in [0, 0.1) is 16.6 Å². The fraction of sp³-hybridized carbons (Fsp3) is 0.391. The molecule has 0 atom stereocenters. The summed E-state index contributed by atoms with van der Waals surface area (Å²) in [5.41, 5.74) is 0.584. The van der Waals surface area contributed by atoms with Crippen molar-refractivity contribution >= 4 is 29.1 Å². The van der Waals surface area contributed by atoms with Gasteiger partial charge in [0, 0.05) is 21.8 Å². The van der Waals surface area contributed by atoms with Crippen LogP contribution in [0.2, 0.25) is 5.02 Å². The Morgan fingerprint density at radius 3 is 2.28 bits per heavy atom. The molecule has 2 bridgehead atoms. The number of benzene rings is 2. The second-order valence-corrected chi connectivity index (χ2v) is 9.39. The molecule has 2 aromatic carbocycles. The van der Waals surface area contributed by atoms with E-state index in [0.717, 1.165) is 38.5 Å². The molecule has 0 radical (unpaired) electrons. The molecule has 0 heterocycles. The van der Waals surface area contributed by atoms with Crippen molar-refractivity contribution in [2.45, 2.75) is 44.1 Å². The lowest BCUT2D eigenvalue weighted by Gasteiger charge is -2.77. The molecular formula is C23H22ClFN2O2. The van der Waals surface area contributed by atoms with Gasteiger partial charge in [0.25, 0.3) is 5.91 Å². The van der Waals surface area contributed by atoms with E-state index in [0.29, 0.717) is 16.3 Å². The molecule has 4 fully saturated rings. The van der Waals surface area contributed by atoms with Gasteiger partial charge in [0.1, 0.15) is 5.82 Å². The lowest BCUT2D eigenvalue weighted by molar-refractivity contribution is -0.243. The van der Waals surface area contributed by atoms with Crippen molar-refractivity contribution in [2.24, 2.45) is 10.8 Å². The summed E-state index contributed by atoms with van der Waals surface area (Å²) < 4.78 is 13.1. The van der Waals surface area contributed by atoms with Crippen LogP contribution in [0.3, 0.4) is 0 Å². The highest BCUT2D eigenvalue weighted by Gasteiger charge is 2.78. The number of anilines is 1. The zero-order valence-corrected chi connectivity index (χ0v) is 16.7. The summed E-state index contributed by atoms with van der Waals surface area (Å²) in [6.07, 6.45) is 5.30. The second kappa shape index (κ2) is 6.30. The summed E-state index contributed by atoms with van der Waals surface area (Å²) in [6.45, 7) is 0. The van der Waals surface area contributed by atoms with Gasteiger partial charge < -0.3 is 10.6 Å². The molecule has 0 saturated heterocycles. The van der Waals surface area contributed by atoms with E-state index < -0.39 is 0 Å². The SMILES string of the molecule is O=C(NC12CC(C3(C(=O)Nc4ccc(F)cc4)CCC3)(C1)C2)c1cccc(Cl)c1. The number of amides is 2. The molecule has 0 aliphatic heterocycles. The van der Waals surface area contributed by atoms with Crippen molar-refractivity contribution in [2.75, 3.05) is 5.32 Å². The van der Waals surface area contributed by atoms with Crippen LogP contribution < -0.4 is 10.6 Å². The number of rotatable bonds is 5. The maximum absolute atomic E-state index is 13.1. The van der Waals surface area contributed by atoms with Crippen LogP contribution in [0.4, 0.5) is 10.1 Å². The molecule has 2 N–H and O–H groups in total. The molecular weight excluding hydrogens is 391 g/mol. The average Bonchev–Trinajstić information content (AvgIpc) is 2.59. The van der Waals surface area contributed by atoms with Gasteiger partial charge in [0.05, 0.1) is 5.41 Å². The zero-order valence-electron chi connectivity index (χ0n) is 15.9. The molecule has 4 aliphatic carbocycles. The standard InChI is InChI=1S/C23H22ClFN2O2/c24-16-4-1-3-15(11-16)19(28)27-22-12-21(13-22,14-22)23(9-2-10-23)20(29)26-18-7-5-17(25)6-8-18/h1,3-8,11H,2,9-10,12-14H2,(H,26,29)(H,27,28). The van der Waals surface area contributed by atoms with Crippen molar-refractivity contribution in [3.63, 3.8) is 0 Å². The molecule has 0 aromatic heterocycles. The Kier molecular flexibility index (Phi) is 4.04. The minimum Gasteiger partial charge on any atom is -0.347 e. The van der Waals surface area contributed by atoms with Gasteiger partial charge in [-0.1, -0.05) is 24.1 Å². The highest BCUT2D eigenvalue weighted by molar-refractivity contribution is 6.31. The molecule has 2 amide bonds. The van der Waals surface area contributed by atoms with Crippen molar-refractivity contribution in [1.82, 2.24) is 5.32 Å². The topological polar surface area (TPSA) is 58.2 Å². The number of nitrogens with one attached hydrogen (secondary N) is 2. The summed E-state index contributed by atoms with van der Waals surface area (Å²) >= 11 is 5.99. The van der Waals surface area contributed by atoms with Crippen molar-refractivity contribution in [1.29, 1.82) is 0 Å². The molecule has 6 rings (SSSR count). The first-order valence-corrected chi connectivity index (χ1v) is 10.4. The van der Waals surface area contributed by atoms with Crippen LogP contribution in [0.15, 0.2) is 48.5 Å². The fourth-order valence-electron chi connectivity index (χ4n) is 5.68. The van der Waals surface area contributed by atoms with E-state index in [4.69, 9.17) is 11.6 Å². The van der Waals surface area contributed by atoms with Crippen LogP contribution >= 0.6 is 11.6 Å². The van der Waals surface area contributed by atoms with Crippen LogP contribution in [0.1, 0.15) is 48.9 Å². The first kappa shape index (κ1) is 18.6. The number of carbonyl (C=O) groups is 2. The molecule has 29 heavy (non-hydrogen) atoms. The van der Waals surface area contributed by atoms with Gasteiger partial charge in [-0.15, -0.1) is 0 Å². The Hall–Kier alpha value is -2.40. The van der Waals surface area contributed by atoms with Crippen LogP contribution in [-0.4, -0.2) is 17.4 Å². The van der Waals surface area contributed by atoms with E-state index >= 15 is 0 Å². The second-order valence-electron chi connectivity index (χ2n) is 8.95. The summed E-state index contributed by atoms with van der Waals surface area (Å²) in [5.74, 6) is -0.401. The Morgan fingerprint density at radius 1 is 1.00 bits per heavy atom. The molecule has 6 heteroatoms. The van der Waals surface area contributed by atoms with Gasteiger partial charge in [-0.3, -0.25) is 9.59 Å². The maximum atomic E-state index is 13.1. The lowest BCUT2D eigenvalue weighted by atomic mass is 9.28. The normalized spacial score (nSPS) is 28.3. The highest BCUT2D eigenvalue weighted by atomic mass is 35.5. The molecule has 4 saturated carbocycles. The Morgan fingerprint density at radius 2 is 1.69 bits per heavy atom. The van der Waals surface area contributed by atoms with Crippen molar-refractivity contribution in [3.05, 3.63) is 64.9 Å². The van der Waals surface area contributed by atoms with E-state index in [-0.39, 0.29) is 34.0 Å². The number of hydrogen-bond acceptors (Lipinski definition) is 2. The van der Waals surface area contributed by atoms with Gasteiger partial charge in [-0.25, -0.2) is 4.39 Å². The van der Waals surface area contributed by atoms with Crippen LogP contribution in [0.5, 0.6) is 0 Å². The smallest absolute Gasteiger partial charge is 0.251 e. The minimum atomic E-state index is -0.371. The maximum Gasteiger partial charge on any atom is 0.251 e. The Balaban J connectivity index is 1.26. The predicted octanol–water partition coefficient (Wildman–Crippen LogP) is 4.94. The van der Waals surface area contributed by atoms with E-state index in [9.17, 15) is 14.0 Å². The largest absolute Gasteiger partial charge is 0.347 e. The lowest BCUT2D eigenvalue weighted by Crippen LogP contribution is -2.81. The third-order valence-corrected chi connectivity index (χ3v) is 7.49. The minimum absolute atomic E-state index is 0.0308. The molecule has 4 nitrogen and oxygen atoms in total. The van der Waals surface area contributed by atoms with E-state index in [2.05, 4.69) is 10.6 Å². The average molecular weight is 413 g/mol. The molecule has 0 spiro atoms. The van der Waals surface area contributed by atoms with E-state index in [1.807, 2.05) is 0 Å². The quantitative estimate of drug-likeness (QED) is 0.730.